The standard InChI is InChI=1S/C21H40N2O4/c1-22(2)12-6-8-18(14-22)16-26-20(24)10-5-11-21(25)27-17-19-9-7-13-23(3,4)15-19/h18-19H,5-17H2,1-4H3/q+2. The molecule has 0 N–H and O–H groups in total. The predicted octanol–water partition coefficient (Wildman–Crippen LogP) is 2.22. The van der Waals surface area contributed by atoms with Crippen LogP contribution in [0.1, 0.15) is 44.9 Å². The molecule has 0 radical (unpaired) electrons. The number of nitrogens with zero attached hydrogens (tertiary/aromatic N) is 2. The lowest BCUT2D eigenvalue weighted by atomic mass is 9.98. The molecule has 2 aliphatic rings. The van der Waals surface area contributed by atoms with Crippen LogP contribution in [-0.2, 0) is 19.1 Å². The molecule has 2 rings (SSSR count). The first-order valence-electron chi connectivity index (χ1n) is 10.6. The molecule has 27 heavy (non-hydrogen) atoms. The van der Waals surface area contributed by atoms with Gasteiger partial charge in [0.2, 0.25) is 0 Å². The number of hydrogen-bond donors (Lipinski definition) is 0. The summed E-state index contributed by atoms with van der Waals surface area (Å²) in [6, 6.07) is 0. The van der Waals surface area contributed by atoms with Gasteiger partial charge < -0.3 is 18.4 Å². The van der Waals surface area contributed by atoms with Crippen LogP contribution in [0.4, 0.5) is 0 Å². The summed E-state index contributed by atoms with van der Waals surface area (Å²) >= 11 is 0. The van der Waals surface area contributed by atoms with Gasteiger partial charge >= 0.3 is 11.9 Å². The van der Waals surface area contributed by atoms with E-state index >= 15 is 0 Å². The van der Waals surface area contributed by atoms with Gasteiger partial charge in [-0.3, -0.25) is 9.59 Å². The molecule has 2 heterocycles. The van der Waals surface area contributed by atoms with Crippen molar-refractivity contribution >= 4 is 11.9 Å². The fourth-order valence-electron chi connectivity index (χ4n) is 4.59. The highest BCUT2D eigenvalue weighted by Gasteiger charge is 2.29. The highest BCUT2D eigenvalue weighted by atomic mass is 16.5. The Morgan fingerprint density at radius 2 is 1.19 bits per heavy atom. The van der Waals surface area contributed by atoms with Crippen LogP contribution in [0.2, 0.25) is 0 Å². The van der Waals surface area contributed by atoms with Crippen LogP contribution in [-0.4, -0.2) is 88.5 Å². The van der Waals surface area contributed by atoms with E-state index in [1.807, 2.05) is 0 Å². The summed E-state index contributed by atoms with van der Waals surface area (Å²) in [4.78, 5) is 23.8. The number of carbonyl (C=O) groups is 2. The first-order valence-corrected chi connectivity index (χ1v) is 10.6. The van der Waals surface area contributed by atoms with Gasteiger partial charge in [0.25, 0.3) is 0 Å². The summed E-state index contributed by atoms with van der Waals surface area (Å²) in [5.41, 5.74) is 0. The third kappa shape index (κ3) is 8.60. The third-order valence-electron chi connectivity index (χ3n) is 5.98. The van der Waals surface area contributed by atoms with E-state index in [-0.39, 0.29) is 11.9 Å². The minimum absolute atomic E-state index is 0.190. The Balaban J connectivity index is 1.53. The molecule has 0 aromatic rings. The zero-order valence-corrected chi connectivity index (χ0v) is 17.9. The van der Waals surface area contributed by atoms with Crippen LogP contribution in [0.25, 0.3) is 0 Å². The molecular weight excluding hydrogens is 344 g/mol. The molecular formula is C21H40N2O4+2. The van der Waals surface area contributed by atoms with Crippen molar-refractivity contribution in [3.8, 4) is 0 Å². The molecule has 0 aromatic carbocycles. The molecule has 2 aliphatic heterocycles. The van der Waals surface area contributed by atoms with Gasteiger partial charge in [0.1, 0.15) is 0 Å². The third-order valence-corrected chi connectivity index (χ3v) is 5.98. The monoisotopic (exact) mass is 384 g/mol. The van der Waals surface area contributed by atoms with Gasteiger partial charge in [-0.15, -0.1) is 0 Å². The smallest absolute Gasteiger partial charge is 0.305 e. The summed E-state index contributed by atoms with van der Waals surface area (Å²) < 4.78 is 12.9. The SMILES string of the molecule is C[N+]1(C)CCCC(COC(=O)CCCC(=O)OCC2CCC[N+](C)(C)C2)C1. The van der Waals surface area contributed by atoms with Crippen molar-refractivity contribution in [2.75, 3.05) is 67.6 Å². The molecule has 0 aromatic heterocycles. The average molecular weight is 385 g/mol. The van der Waals surface area contributed by atoms with Crippen LogP contribution in [0.3, 0.4) is 0 Å². The lowest BCUT2D eigenvalue weighted by molar-refractivity contribution is -0.898. The second-order valence-corrected chi connectivity index (χ2v) is 9.92. The minimum atomic E-state index is -0.190. The van der Waals surface area contributed by atoms with Crippen LogP contribution in [0.5, 0.6) is 0 Å². The van der Waals surface area contributed by atoms with E-state index in [1.54, 1.807) is 0 Å². The van der Waals surface area contributed by atoms with E-state index in [2.05, 4.69) is 28.2 Å². The maximum Gasteiger partial charge on any atom is 0.305 e. The van der Waals surface area contributed by atoms with Crippen LogP contribution < -0.4 is 0 Å². The fourth-order valence-corrected chi connectivity index (χ4v) is 4.59. The Hall–Kier alpha value is -1.14. The Morgan fingerprint density at radius 1 is 0.778 bits per heavy atom. The normalized spacial score (nSPS) is 27.0. The van der Waals surface area contributed by atoms with E-state index in [4.69, 9.17) is 9.47 Å². The Labute approximate surface area is 165 Å². The summed E-state index contributed by atoms with van der Waals surface area (Å²) in [6.07, 6.45) is 5.77. The van der Waals surface area contributed by atoms with E-state index in [0.29, 0.717) is 44.3 Å². The Kier molecular flexibility index (Phi) is 8.10. The molecule has 6 heteroatoms. The van der Waals surface area contributed by atoms with Crippen LogP contribution >= 0.6 is 0 Å². The highest BCUT2D eigenvalue weighted by Crippen LogP contribution is 2.21. The number of esters is 2. The second-order valence-electron chi connectivity index (χ2n) is 9.92. The van der Waals surface area contributed by atoms with Crippen LogP contribution in [0, 0.1) is 11.8 Å². The van der Waals surface area contributed by atoms with Crippen molar-refractivity contribution in [1.82, 2.24) is 0 Å². The van der Waals surface area contributed by atoms with Crippen molar-refractivity contribution in [1.29, 1.82) is 0 Å². The molecule has 0 bridgehead atoms. The summed E-state index contributed by atoms with van der Waals surface area (Å²) in [6.45, 7) is 5.56. The lowest BCUT2D eigenvalue weighted by Crippen LogP contribution is -2.48. The molecule has 0 saturated carbocycles. The van der Waals surface area contributed by atoms with Gasteiger partial charge in [0, 0.05) is 24.7 Å². The number of piperidine rings is 2. The molecule has 2 saturated heterocycles. The highest BCUT2D eigenvalue weighted by molar-refractivity contribution is 5.72. The molecule has 0 spiro atoms. The number of ether oxygens (including phenoxy) is 2. The lowest BCUT2D eigenvalue weighted by Gasteiger charge is -2.37. The zero-order valence-electron chi connectivity index (χ0n) is 17.9. The van der Waals surface area contributed by atoms with Gasteiger partial charge in [0.15, 0.2) is 0 Å². The van der Waals surface area contributed by atoms with Gasteiger partial charge in [0.05, 0.1) is 67.6 Å². The summed E-state index contributed by atoms with van der Waals surface area (Å²) in [5.74, 6) is 0.539. The van der Waals surface area contributed by atoms with E-state index in [1.165, 1.54) is 25.9 Å². The van der Waals surface area contributed by atoms with Crippen LogP contribution in [0.15, 0.2) is 0 Å². The molecule has 0 amide bonds. The minimum Gasteiger partial charge on any atom is -0.465 e. The topological polar surface area (TPSA) is 52.6 Å². The summed E-state index contributed by atoms with van der Waals surface area (Å²) in [7, 11) is 8.92. The Morgan fingerprint density at radius 3 is 1.56 bits per heavy atom. The van der Waals surface area contributed by atoms with Gasteiger partial charge in [-0.2, -0.15) is 0 Å². The molecule has 2 fully saturated rings. The van der Waals surface area contributed by atoms with Gasteiger partial charge in [-0.25, -0.2) is 0 Å². The fraction of sp³-hybridized carbons (Fsp3) is 0.905. The van der Waals surface area contributed by atoms with Crippen molar-refractivity contribution in [2.24, 2.45) is 11.8 Å². The zero-order chi connectivity index (χ0) is 19.9. The molecule has 2 atom stereocenters. The second kappa shape index (κ2) is 9.87. The Bertz CT molecular complexity index is 460. The average Bonchev–Trinajstić information content (AvgIpc) is 2.56. The van der Waals surface area contributed by atoms with E-state index in [9.17, 15) is 9.59 Å². The quantitative estimate of drug-likeness (QED) is 0.476. The number of quaternary nitrogens is 2. The largest absolute Gasteiger partial charge is 0.465 e. The first-order chi connectivity index (χ1) is 12.7. The molecule has 0 aliphatic carbocycles. The number of carbonyl (C=O) groups excluding carboxylic acids is 2. The maximum atomic E-state index is 11.9. The first kappa shape index (κ1) is 22.2. The van der Waals surface area contributed by atoms with Crippen molar-refractivity contribution < 1.29 is 28.0 Å². The molecule has 156 valence electrons. The number of hydrogen-bond acceptors (Lipinski definition) is 4. The van der Waals surface area contributed by atoms with Crippen molar-refractivity contribution in [2.45, 2.75) is 44.9 Å². The number of likely N-dealkylation sites (tertiary alicyclic amines) is 2. The van der Waals surface area contributed by atoms with Gasteiger partial charge in [-0.1, -0.05) is 0 Å². The van der Waals surface area contributed by atoms with E-state index in [0.717, 1.165) is 34.9 Å². The predicted molar refractivity (Wildman–Crippen MR) is 105 cm³/mol. The van der Waals surface area contributed by atoms with Crippen molar-refractivity contribution in [3.05, 3.63) is 0 Å². The van der Waals surface area contributed by atoms with E-state index < -0.39 is 0 Å². The van der Waals surface area contributed by atoms with Crippen molar-refractivity contribution in [3.63, 3.8) is 0 Å². The molecule has 6 nitrogen and oxygen atoms in total. The maximum absolute atomic E-state index is 11.9. The number of rotatable bonds is 8. The summed E-state index contributed by atoms with van der Waals surface area (Å²) in [5, 5.41) is 0. The molecule has 2 unspecified atom stereocenters. The van der Waals surface area contributed by atoms with Gasteiger partial charge in [-0.05, 0) is 32.1 Å².